The van der Waals surface area contributed by atoms with Crippen molar-refractivity contribution in [3.63, 3.8) is 0 Å². The highest BCUT2D eigenvalue weighted by Crippen LogP contribution is 2.19. The zero-order chi connectivity index (χ0) is 12.1. The Morgan fingerprint density at radius 2 is 2.38 bits per heavy atom. The molecule has 0 unspecified atom stereocenters. The molecule has 0 bridgehead atoms. The van der Waals surface area contributed by atoms with E-state index in [2.05, 4.69) is 26.1 Å². The summed E-state index contributed by atoms with van der Waals surface area (Å²) in [5.74, 6) is 1.12. The number of aromatic nitrogens is 1. The first kappa shape index (κ1) is 12.8. The summed E-state index contributed by atoms with van der Waals surface area (Å²) in [5.41, 5.74) is 6.49. The number of nitrogens with two attached hydrogens (primary N) is 1. The second-order valence-corrected chi connectivity index (χ2v) is 4.47. The fourth-order valence-corrected chi connectivity index (χ4v) is 1.82. The molecule has 0 amide bonds. The van der Waals surface area contributed by atoms with Crippen LogP contribution >= 0.6 is 15.9 Å². The minimum absolute atomic E-state index is 0.224. The normalized spacial score (nSPS) is 11.6. The number of hydrogen-bond acceptors (Lipinski definition) is 4. The lowest BCUT2D eigenvalue weighted by Gasteiger charge is -2.19. The van der Waals surface area contributed by atoms with Crippen LogP contribution in [0.25, 0.3) is 0 Å². The molecule has 0 aliphatic heterocycles. The fraction of sp³-hybridized carbons (Fsp3) is 0.400. The van der Waals surface area contributed by atoms with E-state index in [-0.39, 0.29) is 5.84 Å². The number of anilines is 1. The van der Waals surface area contributed by atoms with Crippen molar-refractivity contribution in [1.82, 2.24) is 4.98 Å². The molecule has 5 nitrogen and oxygen atoms in total. The number of oxime groups is 1. The number of amidine groups is 1. The van der Waals surface area contributed by atoms with Gasteiger partial charge in [0.15, 0.2) is 0 Å². The molecule has 0 saturated heterocycles. The van der Waals surface area contributed by atoms with Crippen molar-refractivity contribution >= 4 is 27.6 Å². The number of nitrogens with zero attached hydrogens (tertiary/aromatic N) is 3. The van der Waals surface area contributed by atoms with Crippen LogP contribution in [0.1, 0.15) is 12.0 Å². The van der Waals surface area contributed by atoms with Gasteiger partial charge < -0.3 is 15.8 Å². The Kier molecular flexibility index (Phi) is 4.54. The lowest BCUT2D eigenvalue weighted by molar-refractivity contribution is 0.317. The number of pyridine rings is 1. The van der Waals surface area contributed by atoms with Crippen molar-refractivity contribution in [2.24, 2.45) is 10.9 Å². The first-order chi connectivity index (χ1) is 7.54. The Morgan fingerprint density at radius 1 is 1.69 bits per heavy atom. The maximum atomic E-state index is 8.43. The summed E-state index contributed by atoms with van der Waals surface area (Å²) in [7, 11) is 1.92. The minimum atomic E-state index is 0.224. The fourth-order valence-electron chi connectivity index (χ4n) is 1.37. The molecule has 0 saturated carbocycles. The average molecular weight is 287 g/mol. The van der Waals surface area contributed by atoms with E-state index in [0.29, 0.717) is 13.0 Å². The molecule has 0 radical (unpaired) electrons. The molecule has 1 aromatic heterocycles. The van der Waals surface area contributed by atoms with Gasteiger partial charge >= 0.3 is 0 Å². The first-order valence-corrected chi connectivity index (χ1v) is 5.63. The average Bonchev–Trinajstić information content (AvgIpc) is 2.25. The van der Waals surface area contributed by atoms with Crippen LogP contribution in [-0.2, 0) is 0 Å². The van der Waals surface area contributed by atoms with Crippen molar-refractivity contribution in [2.45, 2.75) is 13.3 Å². The van der Waals surface area contributed by atoms with E-state index in [1.807, 2.05) is 24.9 Å². The molecule has 6 heteroatoms. The van der Waals surface area contributed by atoms with Gasteiger partial charge in [-0.15, -0.1) is 0 Å². The Balaban J connectivity index is 2.69. The molecule has 0 aliphatic rings. The Hall–Kier alpha value is -1.30. The summed E-state index contributed by atoms with van der Waals surface area (Å²) in [6.45, 7) is 2.65. The van der Waals surface area contributed by atoms with Crippen LogP contribution in [0.4, 0.5) is 5.82 Å². The van der Waals surface area contributed by atoms with E-state index in [4.69, 9.17) is 10.9 Å². The van der Waals surface area contributed by atoms with Crippen LogP contribution in [0, 0.1) is 6.92 Å². The van der Waals surface area contributed by atoms with Crippen molar-refractivity contribution < 1.29 is 5.21 Å². The van der Waals surface area contributed by atoms with Crippen LogP contribution in [0.2, 0.25) is 0 Å². The highest BCUT2D eigenvalue weighted by Gasteiger charge is 2.07. The van der Waals surface area contributed by atoms with E-state index in [9.17, 15) is 0 Å². The van der Waals surface area contributed by atoms with Crippen molar-refractivity contribution in [2.75, 3.05) is 18.5 Å². The van der Waals surface area contributed by atoms with Gasteiger partial charge in [-0.2, -0.15) is 0 Å². The van der Waals surface area contributed by atoms with Gasteiger partial charge in [0.05, 0.1) is 0 Å². The van der Waals surface area contributed by atoms with E-state index in [0.717, 1.165) is 15.9 Å². The lowest BCUT2D eigenvalue weighted by atomic mass is 10.2. The van der Waals surface area contributed by atoms with Gasteiger partial charge in [-0.3, -0.25) is 0 Å². The lowest BCUT2D eigenvalue weighted by Crippen LogP contribution is -2.25. The summed E-state index contributed by atoms with van der Waals surface area (Å²) in [6.07, 6.45) is 2.26. The van der Waals surface area contributed by atoms with Gasteiger partial charge in [0, 0.05) is 30.7 Å². The summed E-state index contributed by atoms with van der Waals surface area (Å²) in [4.78, 5) is 6.29. The third-order valence-corrected chi connectivity index (χ3v) is 2.64. The smallest absolute Gasteiger partial charge is 0.140 e. The Morgan fingerprint density at radius 3 is 2.94 bits per heavy atom. The monoisotopic (exact) mass is 286 g/mol. The van der Waals surface area contributed by atoms with E-state index in [1.165, 1.54) is 0 Å². The molecule has 0 spiro atoms. The highest BCUT2D eigenvalue weighted by atomic mass is 79.9. The van der Waals surface area contributed by atoms with Gasteiger partial charge in [0.25, 0.3) is 0 Å². The molecule has 1 heterocycles. The minimum Gasteiger partial charge on any atom is -0.409 e. The number of hydrogen-bond donors (Lipinski definition) is 2. The third kappa shape index (κ3) is 3.37. The molecule has 0 aromatic carbocycles. The molecule has 0 fully saturated rings. The molecular weight excluding hydrogens is 272 g/mol. The van der Waals surface area contributed by atoms with E-state index < -0.39 is 0 Å². The predicted molar refractivity (Wildman–Crippen MR) is 68.0 cm³/mol. The highest BCUT2D eigenvalue weighted by molar-refractivity contribution is 9.10. The van der Waals surface area contributed by atoms with Crippen LogP contribution in [0.15, 0.2) is 21.9 Å². The van der Waals surface area contributed by atoms with Gasteiger partial charge in [0.2, 0.25) is 0 Å². The van der Waals surface area contributed by atoms with E-state index >= 15 is 0 Å². The quantitative estimate of drug-likeness (QED) is 0.383. The molecule has 16 heavy (non-hydrogen) atoms. The third-order valence-electron chi connectivity index (χ3n) is 2.21. The molecular formula is C10H15BrN4O. The van der Waals surface area contributed by atoms with Gasteiger partial charge in [-0.05, 0) is 34.5 Å². The summed E-state index contributed by atoms with van der Waals surface area (Å²) < 4.78 is 0.957. The summed E-state index contributed by atoms with van der Waals surface area (Å²) >= 11 is 3.37. The topological polar surface area (TPSA) is 74.7 Å². The van der Waals surface area contributed by atoms with Gasteiger partial charge in [-0.25, -0.2) is 4.98 Å². The van der Waals surface area contributed by atoms with Crippen LogP contribution < -0.4 is 10.6 Å². The maximum absolute atomic E-state index is 8.43. The first-order valence-electron chi connectivity index (χ1n) is 4.84. The molecule has 0 atom stereocenters. The second kappa shape index (κ2) is 5.69. The predicted octanol–water partition coefficient (Wildman–Crippen LogP) is 1.73. The maximum Gasteiger partial charge on any atom is 0.140 e. The Labute approximate surface area is 103 Å². The largest absolute Gasteiger partial charge is 0.409 e. The molecule has 0 aliphatic carbocycles. The molecule has 1 aromatic rings. The number of aryl methyl sites for hydroxylation is 1. The standard InChI is InChI=1S/C10H15BrN4O/c1-7-5-8(11)6-13-10(7)15(2)4-3-9(12)14-16/h5-6,16H,3-4H2,1-2H3,(H2,12,14). The second-order valence-electron chi connectivity index (χ2n) is 3.56. The zero-order valence-corrected chi connectivity index (χ0v) is 10.9. The van der Waals surface area contributed by atoms with Crippen molar-refractivity contribution in [1.29, 1.82) is 0 Å². The number of rotatable bonds is 4. The zero-order valence-electron chi connectivity index (χ0n) is 9.31. The molecule has 3 N–H and O–H groups in total. The Bertz CT molecular complexity index is 394. The number of halogens is 1. The van der Waals surface area contributed by atoms with Gasteiger partial charge in [0.1, 0.15) is 11.7 Å². The van der Waals surface area contributed by atoms with Crippen LogP contribution in [0.5, 0.6) is 0 Å². The summed E-state index contributed by atoms with van der Waals surface area (Å²) in [6, 6.07) is 2.00. The molecule has 88 valence electrons. The van der Waals surface area contributed by atoms with Gasteiger partial charge in [-0.1, -0.05) is 5.16 Å². The van der Waals surface area contributed by atoms with Crippen LogP contribution in [0.3, 0.4) is 0 Å². The molecule has 1 rings (SSSR count). The summed E-state index contributed by atoms with van der Waals surface area (Å²) in [5, 5.41) is 11.4. The van der Waals surface area contributed by atoms with Crippen LogP contribution in [-0.4, -0.2) is 29.6 Å². The van der Waals surface area contributed by atoms with E-state index in [1.54, 1.807) is 6.20 Å². The SMILES string of the molecule is Cc1cc(Br)cnc1N(C)CCC(N)=NO. The van der Waals surface area contributed by atoms with Crippen molar-refractivity contribution in [3.8, 4) is 0 Å². The van der Waals surface area contributed by atoms with Crippen molar-refractivity contribution in [3.05, 3.63) is 22.3 Å².